The molecule has 0 saturated carbocycles. The van der Waals surface area contributed by atoms with Crippen molar-refractivity contribution < 1.29 is 23.8 Å². The summed E-state index contributed by atoms with van der Waals surface area (Å²) in [6.45, 7) is 2.41. The Labute approximate surface area is 138 Å². The van der Waals surface area contributed by atoms with Gasteiger partial charge in [-0.05, 0) is 0 Å². The number of nitrogens with zero attached hydrogens (tertiary/aromatic N) is 1. The SMILES string of the molecule is CC(=O)OC[C@H]1O[C@@H](n2ccc(=O)[nH]c2=O)[C@@H](OC(C)=O)[C@@H]1Br. The highest BCUT2D eigenvalue weighted by Gasteiger charge is 2.47. The molecule has 1 N–H and O–H groups in total. The molecule has 0 aromatic carbocycles. The number of carbonyl (C=O) groups excluding carboxylic acids is 2. The van der Waals surface area contributed by atoms with E-state index in [1.165, 1.54) is 20.0 Å². The van der Waals surface area contributed by atoms with Crippen LogP contribution in [0.1, 0.15) is 20.1 Å². The van der Waals surface area contributed by atoms with Crippen molar-refractivity contribution in [3.8, 4) is 0 Å². The largest absolute Gasteiger partial charge is 0.463 e. The van der Waals surface area contributed by atoms with E-state index in [1.54, 1.807) is 0 Å². The van der Waals surface area contributed by atoms with Gasteiger partial charge in [-0.1, -0.05) is 15.9 Å². The quantitative estimate of drug-likeness (QED) is 0.553. The molecule has 1 aromatic rings. The number of ether oxygens (including phenoxy) is 3. The molecule has 0 aliphatic carbocycles. The second kappa shape index (κ2) is 7.09. The topological polar surface area (TPSA) is 117 Å². The zero-order valence-electron chi connectivity index (χ0n) is 12.4. The van der Waals surface area contributed by atoms with Gasteiger partial charge in [-0.2, -0.15) is 0 Å². The summed E-state index contributed by atoms with van der Waals surface area (Å²) in [4.78, 5) is 46.9. The van der Waals surface area contributed by atoms with Crippen molar-refractivity contribution in [3.05, 3.63) is 33.1 Å². The Hall–Kier alpha value is -1.94. The lowest BCUT2D eigenvalue weighted by atomic mass is 10.2. The Morgan fingerprint density at radius 1 is 1.35 bits per heavy atom. The highest BCUT2D eigenvalue weighted by Crippen LogP contribution is 2.35. The van der Waals surface area contributed by atoms with Crippen LogP contribution < -0.4 is 11.2 Å². The minimum absolute atomic E-state index is 0.0718. The smallest absolute Gasteiger partial charge is 0.330 e. The summed E-state index contributed by atoms with van der Waals surface area (Å²) in [7, 11) is 0. The van der Waals surface area contributed by atoms with Gasteiger partial charge in [0, 0.05) is 26.1 Å². The van der Waals surface area contributed by atoms with Crippen LogP contribution in [0.5, 0.6) is 0 Å². The van der Waals surface area contributed by atoms with E-state index in [-0.39, 0.29) is 6.61 Å². The second-order valence-corrected chi connectivity index (χ2v) is 5.96. The van der Waals surface area contributed by atoms with Crippen LogP contribution in [0.2, 0.25) is 0 Å². The molecule has 1 aromatic heterocycles. The zero-order chi connectivity index (χ0) is 17.1. The van der Waals surface area contributed by atoms with Crippen molar-refractivity contribution in [1.29, 1.82) is 0 Å². The van der Waals surface area contributed by atoms with Crippen LogP contribution in [0.4, 0.5) is 0 Å². The van der Waals surface area contributed by atoms with E-state index in [0.29, 0.717) is 0 Å². The van der Waals surface area contributed by atoms with Gasteiger partial charge in [-0.3, -0.25) is 23.9 Å². The lowest BCUT2D eigenvalue weighted by Crippen LogP contribution is -2.38. The summed E-state index contributed by atoms with van der Waals surface area (Å²) >= 11 is 3.35. The highest BCUT2D eigenvalue weighted by atomic mass is 79.9. The minimum Gasteiger partial charge on any atom is -0.463 e. The molecule has 0 spiro atoms. The number of aromatic nitrogens is 2. The fourth-order valence-corrected chi connectivity index (χ4v) is 2.84. The Balaban J connectivity index is 2.30. The van der Waals surface area contributed by atoms with E-state index in [4.69, 9.17) is 14.2 Å². The molecule has 126 valence electrons. The minimum atomic E-state index is -0.965. The number of hydrogen-bond acceptors (Lipinski definition) is 7. The number of nitrogens with one attached hydrogen (secondary N) is 1. The summed E-state index contributed by atoms with van der Waals surface area (Å²) in [5, 5.41) is 0. The first kappa shape index (κ1) is 17.4. The monoisotopic (exact) mass is 390 g/mol. The van der Waals surface area contributed by atoms with Crippen molar-refractivity contribution in [3.63, 3.8) is 0 Å². The van der Waals surface area contributed by atoms with Crippen molar-refractivity contribution in [2.75, 3.05) is 6.61 Å². The van der Waals surface area contributed by atoms with Gasteiger partial charge < -0.3 is 14.2 Å². The Kier molecular flexibility index (Phi) is 5.37. The number of aromatic amines is 1. The molecule has 1 fully saturated rings. The molecule has 9 nitrogen and oxygen atoms in total. The molecule has 0 bridgehead atoms. The maximum Gasteiger partial charge on any atom is 0.330 e. The van der Waals surface area contributed by atoms with E-state index < -0.39 is 46.5 Å². The maximum atomic E-state index is 11.9. The molecule has 23 heavy (non-hydrogen) atoms. The van der Waals surface area contributed by atoms with Gasteiger partial charge in [0.15, 0.2) is 12.3 Å². The van der Waals surface area contributed by atoms with Gasteiger partial charge in [0.1, 0.15) is 12.7 Å². The fourth-order valence-electron chi connectivity index (χ4n) is 2.20. The average molecular weight is 391 g/mol. The lowest BCUT2D eigenvalue weighted by molar-refractivity contribution is -0.153. The molecule has 2 rings (SSSR count). The van der Waals surface area contributed by atoms with Gasteiger partial charge in [0.25, 0.3) is 5.56 Å². The molecule has 4 atom stereocenters. The summed E-state index contributed by atoms with van der Waals surface area (Å²) < 4.78 is 16.9. The molecular formula is C13H15BrN2O7. The number of alkyl halides is 1. The summed E-state index contributed by atoms with van der Waals surface area (Å²) in [6.07, 6.45) is -1.19. The third-order valence-corrected chi connectivity index (χ3v) is 4.25. The first-order chi connectivity index (χ1) is 10.8. The molecular weight excluding hydrogens is 376 g/mol. The van der Waals surface area contributed by atoms with Gasteiger partial charge in [-0.15, -0.1) is 0 Å². The van der Waals surface area contributed by atoms with Gasteiger partial charge in [0.2, 0.25) is 0 Å². The van der Waals surface area contributed by atoms with Crippen LogP contribution in [0, 0.1) is 0 Å². The van der Waals surface area contributed by atoms with Crippen LogP contribution in [0.25, 0.3) is 0 Å². The number of hydrogen-bond donors (Lipinski definition) is 1. The molecule has 0 amide bonds. The standard InChI is InChI=1S/C13H15BrN2O7/c1-6(17)21-5-8-10(14)11(22-7(2)18)12(23-8)16-4-3-9(19)15-13(16)20/h3-4,8,10-12H,5H2,1-2H3,(H,15,19,20)/t8-,10-,11+,12-/m1/s1. The Morgan fingerprint density at radius 3 is 2.61 bits per heavy atom. The van der Waals surface area contributed by atoms with Crippen LogP contribution >= 0.6 is 15.9 Å². The second-order valence-electron chi connectivity index (χ2n) is 4.90. The molecule has 1 saturated heterocycles. The molecule has 2 heterocycles. The average Bonchev–Trinajstić information content (AvgIpc) is 2.73. The predicted octanol–water partition coefficient (Wildman–Crippen LogP) is -0.308. The van der Waals surface area contributed by atoms with E-state index in [9.17, 15) is 19.2 Å². The number of H-pyrrole nitrogens is 1. The number of halogens is 1. The first-order valence-electron chi connectivity index (χ1n) is 6.71. The number of esters is 2. The highest BCUT2D eigenvalue weighted by molar-refractivity contribution is 9.09. The lowest BCUT2D eigenvalue weighted by Gasteiger charge is -2.21. The predicted molar refractivity (Wildman–Crippen MR) is 80.1 cm³/mol. The van der Waals surface area contributed by atoms with Gasteiger partial charge >= 0.3 is 17.6 Å². The zero-order valence-corrected chi connectivity index (χ0v) is 13.9. The fraction of sp³-hybridized carbons (Fsp3) is 0.538. The van der Waals surface area contributed by atoms with E-state index >= 15 is 0 Å². The Bertz CT molecular complexity index is 713. The van der Waals surface area contributed by atoms with Crippen LogP contribution in [0.3, 0.4) is 0 Å². The van der Waals surface area contributed by atoms with E-state index in [2.05, 4.69) is 20.9 Å². The van der Waals surface area contributed by atoms with Crippen molar-refractivity contribution in [1.82, 2.24) is 9.55 Å². The number of rotatable bonds is 4. The first-order valence-corrected chi connectivity index (χ1v) is 7.62. The van der Waals surface area contributed by atoms with E-state index in [0.717, 1.165) is 10.6 Å². The number of carbonyl (C=O) groups is 2. The Morgan fingerprint density at radius 2 is 2.04 bits per heavy atom. The van der Waals surface area contributed by atoms with Crippen LogP contribution in [-0.2, 0) is 23.8 Å². The normalized spacial score (nSPS) is 26.7. The molecule has 1 aliphatic rings. The van der Waals surface area contributed by atoms with Crippen molar-refractivity contribution in [2.24, 2.45) is 0 Å². The van der Waals surface area contributed by atoms with Crippen LogP contribution in [-0.4, -0.2) is 45.1 Å². The molecule has 0 unspecified atom stereocenters. The summed E-state index contributed by atoms with van der Waals surface area (Å²) in [5.41, 5.74) is -1.26. The van der Waals surface area contributed by atoms with Crippen molar-refractivity contribution >= 4 is 27.9 Å². The van der Waals surface area contributed by atoms with Gasteiger partial charge in [0.05, 0.1) is 4.83 Å². The third-order valence-electron chi connectivity index (χ3n) is 3.14. The summed E-state index contributed by atoms with van der Waals surface area (Å²) in [6, 6.07) is 1.15. The van der Waals surface area contributed by atoms with Crippen molar-refractivity contribution in [2.45, 2.75) is 37.1 Å². The van der Waals surface area contributed by atoms with Crippen LogP contribution in [0.15, 0.2) is 21.9 Å². The summed E-state index contributed by atoms with van der Waals surface area (Å²) in [5.74, 6) is -1.04. The molecule has 0 radical (unpaired) electrons. The molecule has 10 heteroatoms. The van der Waals surface area contributed by atoms with Gasteiger partial charge in [-0.25, -0.2) is 4.79 Å². The molecule has 1 aliphatic heterocycles. The third kappa shape index (κ3) is 4.08. The van der Waals surface area contributed by atoms with E-state index in [1.807, 2.05) is 0 Å². The maximum absolute atomic E-state index is 11.9.